The van der Waals surface area contributed by atoms with Crippen LogP contribution in [0.1, 0.15) is 22.6 Å². The Morgan fingerprint density at radius 2 is 1.50 bits per heavy atom. The van der Waals surface area contributed by atoms with E-state index in [2.05, 4.69) is 10.1 Å². The minimum absolute atomic E-state index is 0.000245. The number of nitrogens with zero attached hydrogens (tertiary/aromatic N) is 5. The third-order valence-corrected chi connectivity index (χ3v) is 5.35. The summed E-state index contributed by atoms with van der Waals surface area (Å²) >= 11 is 0. The molecule has 3 heterocycles. The standard InChI is InChI=1S/C24H21N5O3/c1-17-12-20(32-26-17)15-29-23(30)21-22(25-16-27(21)13-18-8-4-2-5-9-18)28(24(29)31)14-19-10-6-3-7-11-19/h2-12,16H,13-15H2,1H3. The van der Waals surface area contributed by atoms with Gasteiger partial charge in [-0.15, -0.1) is 0 Å². The van der Waals surface area contributed by atoms with Crippen LogP contribution in [0.5, 0.6) is 0 Å². The second-order valence-corrected chi connectivity index (χ2v) is 7.71. The molecule has 0 fully saturated rings. The Morgan fingerprint density at radius 1 is 0.844 bits per heavy atom. The lowest BCUT2D eigenvalue weighted by Crippen LogP contribution is -2.41. The molecule has 2 aromatic carbocycles. The first-order chi connectivity index (χ1) is 15.6. The van der Waals surface area contributed by atoms with Crippen LogP contribution in [0, 0.1) is 6.92 Å². The molecule has 5 aromatic rings. The summed E-state index contributed by atoms with van der Waals surface area (Å²) in [6.45, 7) is 2.56. The first kappa shape index (κ1) is 19.7. The lowest BCUT2D eigenvalue weighted by atomic mass is 10.2. The van der Waals surface area contributed by atoms with Crippen LogP contribution in [0.4, 0.5) is 0 Å². The molecule has 0 aliphatic heterocycles. The van der Waals surface area contributed by atoms with Crippen molar-refractivity contribution in [2.75, 3.05) is 0 Å². The molecule has 32 heavy (non-hydrogen) atoms. The van der Waals surface area contributed by atoms with E-state index in [-0.39, 0.29) is 6.54 Å². The number of rotatable bonds is 6. The number of imidazole rings is 1. The lowest BCUT2D eigenvalue weighted by Gasteiger charge is -2.12. The zero-order valence-corrected chi connectivity index (χ0v) is 17.5. The number of hydrogen-bond donors (Lipinski definition) is 0. The maximum atomic E-state index is 13.5. The average Bonchev–Trinajstić information content (AvgIpc) is 3.42. The molecule has 0 unspecified atom stereocenters. The molecule has 160 valence electrons. The van der Waals surface area contributed by atoms with Crippen molar-refractivity contribution in [1.82, 2.24) is 23.8 Å². The van der Waals surface area contributed by atoms with E-state index < -0.39 is 11.2 Å². The fourth-order valence-electron chi connectivity index (χ4n) is 3.83. The van der Waals surface area contributed by atoms with Gasteiger partial charge in [0.2, 0.25) is 0 Å². The average molecular weight is 427 g/mol. The normalized spacial score (nSPS) is 11.3. The topological polar surface area (TPSA) is 87.9 Å². The molecule has 5 rings (SSSR count). The highest BCUT2D eigenvalue weighted by atomic mass is 16.5. The van der Waals surface area contributed by atoms with Gasteiger partial charge in [-0.2, -0.15) is 0 Å². The molecule has 3 aromatic heterocycles. The van der Waals surface area contributed by atoms with E-state index >= 15 is 0 Å². The van der Waals surface area contributed by atoms with Gasteiger partial charge in [0.1, 0.15) is 0 Å². The summed E-state index contributed by atoms with van der Waals surface area (Å²) in [5, 5.41) is 3.87. The lowest BCUT2D eigenvalue weighted by molar-refractivity contribution is 0.368. The zero-order chi connectivity index (χ0) is 22.1. The van der Waals surface area contributed by atoms with Crippen molar-refractivity contribution in [3.63, 3.8) is 0 Å². The van der Waals surface area contributed by atoms with Gasteiger partial charge < -0.3 is 9.09 Å². The predicted molar refractivity (Wildman–Crippen MR) is 120 cm³/mol. The van der Waals surface area contributed by atoms with E-state index in [1.54, 1.807) is 23.9 Å². The quantitative estimate of drug-likeness (QED) is 0.416. The Morgan fingerprint density at radius 3 is 2.12 bits per heavy atom. The Hall–Kier alpha value is -4.20. The Balaban J connectivity index is 1.70. The number of hydrogen-bond acceptors (Lipinski definition) is 5. The van der Waals surface area contributed by atoms with Gasteiger partial charge in [-0.25, -0.2) is 9.78 Å². The summed E-state index contributed by atoms with van der Waals surface area (Å²) in [6.07, 6.45) is 1.61. The second-order valence-electron chi connectivity index (χ2n) is 7.71. The van der Waals surface area contributed by atoms with Crippen molar-refractivity contribution in [2.24, 2.45) is 0 Å². The van der Waals surface area contributed by atoms with Crippen LogP contribution in [-0.2, 0) is 19.6 Å². The van der Waals surface area contributed by atoms with Crippen LogP contribution < -0.4 is 11.2 Å². The van der Waals surface area contributed by atoms with Crippen LogP contribution in [0.2, 0.25) is 0 Å². The van der Waals surface area contributed by atoms with Crippen LogP contribution in [0.3, 0.4) is 0 Å². The fraction of sp³-hybridized carbons (Fsp3) is 0.167. The molecule has 0 aliphatic rings. The molecule has 0 radical (unpaired) electrons. The van der Waals surface area contributed by atoms with Crippen LogP contribution in [-0.4, -0.2) is 23.8 Å². The van der Waals surface area contributed by atoms with Gasteiger partial charge in [-0.05, 0) is 18.1 Å². The van der Waals surface area contributed by atoms with E-state index in [9.17, 15) is 9.59 Å². The zero-order valence-electron chi connectivity index (χ0n) is 17.5. The Labute approximate surface area is 183 Å². The predicted octanol–water partition coefficient (Wildman–Crippen LogP) is 2.80. The van der Waals surface area contributed by atoms with Crippen molar-refractivity contribution in [1.29, 1.82) is 0 Å². The van der Waals surface area contributed by atoms with Gasteiger partial charge in [0.15, 0.2) is 16.9 Å². The monoisotopic (exact) mass is 427 g/mol. The SMILES string of the molecule is Cc1cc(Cn2c(=O)c3c(ncn3Cc3ccccc3)n(Cc3ccccc3)c2=O)on1. The molecule has 0 saturated carbocycles. The van der Waals surface area contributed by atoms with Crippen molar-refractivity contribution < 1.29 is 4.52 Å². The first-order valence-corrected chi connectivity index (χ1v) is 10.3. The molecule has 0 spiro atoms. The number of benzene rings is 2. The van der Waals surface area contributed by atoms with Gasteiger partial charge in [-0.3, -0.25) is 13.9 Å². The van der Waals surface area contributed by atoms with E-state index in [0.717, 1.165) is 11.1 Å². The molecule has 0 bridgehead atoms. The van der Waals surface area contributed by atoms with Gasteiger partial charge in [0.25, 0.3) is 5.56 Å². The summed E-state index contributed by atoms with van der Waals surface area (Å²) in [4.78, 5) is 31.3. The van der Waals surface area contributed by atoms with E-state index in [0.29, 0.717) is 35.7 Å². The molecule has 0 saturated heterocycles. The maximum absolute atomic E-state index is 13.5. The molecule has 0 amide bonds. The van der Waals surface area contributed by atoms with Gasteiger partial charge in [-0.1, -0.05) is 65.8 Å². The molecule has 8 heteroatoms. The third-order valence-electron chi connectivity index (χ3n) is 5.35. The molecule has 0 N–H and O–H groups in total. The minimum Gasteiger partial charge on any atom is -0.359 e. The van der Waals surface area contributed by atoms with E-state index in [1.807, 2.05) is 60.7 Å². The van der Waals surface area contributed by atoms with E-state index in [1.165, 1.54) is 9.13 Å². The van der Waals surface area contributed by atoms with Crippen LogP contribution in [0.15, 0.2) is 87.2 Å². The number of aryl methyl sites for hydroxylation is 1. The fourth-order valence-corrected chi connectivity index (χ4v) is 3.83. The molecule has 0 atom stereocenters. The minimum atomic E-state index is -0.439. The highest BCUT2D eigenvalue weighted by Gasteiger charge is 2.19. The summed E-state index contributed by atoms with van der Waals surface area (Å²) in [5.74, 6) is 0.446. The molecule has 8 nitrogen and oxygen atoms in total. The largest absolute Gasteiger partial charge is 0.359 e. The Bertz CT molecular complexity index is 1490. The molecular formula is C24H21N5O3. The number of fused-ring (bicyclic) bond motifs is 1. The van der Waals surface area contributed by atoms with E-state index in [4.69, 9.17) is 4.52 Å². The Kier molecular flexibility index (Phi) is 5.03. The summed E-state index contributed by atoms with van der Waals surface area (Å²) < 4.78 is 9.79. The highest BCUT2D eigenvalue weighted by Crippen LogP contribution is 2.13. The van der Waals surface area contributed by atoms with Crippen LogP contribution in [0.25, 0.3) is 11.2 Å². The van der Waals surface area contributed by atoms with Gasteiger partial charge >= 0.3 is 5.69 Å². The summed E-state index contributed by atoms with van der Waals surface area (Å²) in [6, 6.07) is 21.2. The van der Waals surface area contributed by atoms with Crippen molar-refractivity contribution in [3.8, 4) is 0 Å². The van der Waals surface area contributed by atoms with Crippen molar-refractivity contribution in [3.05, 3.63) is 116 Å². The van der Waals surface area contributed by atoms with Crippen molar-refractivity contribution in [2.45, 2.75) is 26.6 Å². The first-order valence-electron chi connectivity index (χ1n) is 10.3. The summed E-state index contributed by atoms with van der Waals surface area (Å²) in [7, 11) is 0. The third kappa shape index (κ3) is 3.66. The highest BCUT2D eigenvalue weighted by molar-refractivity contribution is 5.70. The van der Waals surface area contributed by atoms with Gasteiger partial charge in [0, 0.05) is 12.6 Å². The second kappa shape index (κ2) is 8.14. The van der Waals surface area contributed by atoms with Gasteiger partial charge in [0.05, 0.1) is 25.1 Å². The van der Waals surface area contributed by atoms with Crippen molar-refractivity contribution >= 4 is 11.2 Å². The van der Waals surface area contributed by atoms with Crippen LogP contribution >= 0.6 is 0 Å². The summed E-state index contributed by atoms with van der Waals surface area (Å²) in [5.41, 5.74) is 2.55. The molecular weight excluding hydrogens is 406 g/mol. The molecule has 0 aliphatic carbocycles. The number of aromatic nitrogens is 5. The smallest absolute Gasteiger partial charge is 0.333 e. The maximum Gasteiger partial charge on any atom is 0.333 e.